The minimum absolute atomic E-state index is 0.0134. The number of nitrogens with one attached hydrogen (secondary N) is 3. The normalized spacial score (nSPS) is 19.2. The van der Waals surface area contributed by atoms with Gasteiger partial charge in [0.1, 0.15) is 25.8 Å². The highest BCUT2D eigenvalue weighted by molar-refractivity contribution is 5.94. The molecule has 6 N–H and O–H groups in total. The van der Waals surface area contributed by atoms with Gasteiger partial charge in [0.25, 0.3) is 5.56 Å². The van der Waals surface area contributed by atoms with E-state index in [0.717, 1.165) is 5.56 Å². The van der Waals surface area contributed by atoms with E-state index in [-0.39, 0.29) is 57.1 Å². The average molecular weight is 637 g/mol. The first kappa shape index (κ1) is 31.3. The van der Waals surface area contributed by atoms with Crippen molar-refractivity contribution >= 4 is 34.6 Å². The molecule has 14 nitrogen and oxygen atoms in total. The number of nitrogens with two attached hydrogens (primary N) is 1. The van der Waals surface area contributed by atoms with Crippen molar-refractivity contribution in [1.29, 1.82) is 0 Å². The molecule has 1 aliphatic carbocycles. The fourth-order valence-corrected chi connectivity index (χ4v) is 6.52. The lowest BCUT2D eigenvalue weighted by atomic mass is 9.81. The number of aromatic nitrogens is 2. The van der Waals surface area contributed by atoms with Crippen LogP contribution in [0.5, 0.6) is 0 Å². The van der Waals surface area contributed by atoms with Gasteiger partial charge in [-0.05, 0) is 48.9 Å². The lowest BCUT2D eigenvalue weighted by molar-refractivity contribution is -0.172. The van der Waals surface area contributed by atoms with Gasteiger partial charge in [-0.3, -0.25) is 19.2 Å². The number of cyclic esters (lactones) is 1. The van der Waals surface area contributed by atoms with E-state index in [4.69, 9.17) is 20.2 Å². The Morgan fingerprint density at radius 2 is 1.96 bits per heavy atom. The van der Waals surface area contributed by atoms with Crippen molar-refractivity contribution in [2.45, 2.75) is 57.9 Å². The maximum Gasteiger partial charge on any atom is 0.343 e. The summed E-state index contributed by atoms with van der Waals surface area (Å²) in [6, 6.07) is 2.36. The Bertz CT molecular complexity index is 1890. The summed E-state index contributed by atoms with van der Waals surface area (Å²) < 4.78 is 26.8. The van der Waals surface area contributed by atoms with Crippen LogP contribution >= 0.6 is 0 Å². The van der Waals surface area contributed by atoms with Gasteiger partial charge in [-0.1, -0.05) is 6.92 Å². The summed E-state index contributed by atoms with van der Waals surface area (Å²) in [5.41, 5.74) is 6.78. The highest BCUT2D eigenvalue weighted by atomic mass is 19.1. The number of ether oxygens (including phenoxy) is 2. The van der Waals surface area contributed by atoms with Crippen LogP contribution in [-0.4, -0.2) is 64.8 Å². The van der Waals surface area contributed by atoms with Gasteiger partial charge < -0.3 is 40.8 Å². The predicted molar refractivity (Wildman–Crippen MR) is 159 cm³/mol. The summed E-state index contributed by atoms with van der Waals surface area (Å²) in [6.07, 6.45) is 0.865. The second-order valence-electron chi connectivity index (χ2n) is 11.5. The van der Waals surface area contributed by atoms with Crippen LogP contribution in [0.3, 0.4) is 0 Å². The van der Waals surface area contributed by atoms with E-state index in [1.807, 2.05) is 0 Å². The molecule has 0 unspecified atom stereocenters. The smallest absolute Gasteiger partial charge is 0.343 e. The number of rotatable bonds is 9. The number of pyridine rings is 2. The number of aliphatic hydroxyl groups is 1. The molecule has 15 heteroatoms. The minimum Gasteiger partial charge on any atom is -0.458 e. The fraction of sp³-hybridized carbons (Fsp3) is 0.419. The van der Waals surface area contributed by atoms with Crippen LogP contribution in [0.2, 0.25) is 0 Å². The third-order valence-corrected chi connectivity index (χ3v) is 8.95. The third-order valence-electron chi connectivity index (χ3n) is 8.95. The van der Waals surface area contributed by atoms with Crippen LogP contribution in [0.4, 0.5) is 4.39 Å². The van der Waals surface area contributed by atoms with Crippen molar-refractivity contribution in [1.82, 2.24) is 25.5 Å². The van der Waals surface area contributed by atoms with Gasteiger partial charge in [0.15, 0.2) is 5.60 Å². The van der Waals surface area contributed by atoms with Crippen molar-refractivity contribution in [2.75, 3.05) is 26.4 Å². The van der Waals surface area contributed by atoms with Gasteiger partial charge >= 0.3 is 5.97 Å². The molecule has 1 aromatic carbocycles. The minimum atomic E-state index is -2.00. The molecule has 2 aromatic heterocycles. The van der Waals surface area contributed by atoms with Crippen LogP contribution in [0.1, 0.15) is 59.2 Å². The number of hydrogen-bond donors (Lipinski definition) is 5. The van der Waals surface area contributed by atoms with E-state index >= 15 is 4.39 Å². The van der Waals surface area contributed by atoms with Crippen LogP contribution in [0.25, 0.3) is 22.3 Å². The van der Waals surface area contributed by atoms with Crippen molar-refractivity contribution < 1.29 is 38.1 Å². The number of nitrogens with zero attached hydrogens (tertiary/aromatic N) is 2. The Labute approximate surface area is 261 Å². The third kappa shape index (κ3) is 5.09. The molecule has 3 aromatic rings. The molecule has 0 saturated heterocycles. The number of hydrogen-bond acceptors (Lipinski definition) is 10. The first-order chi connectivity index (χ1) is 22.0. The number of carbonyl (C=O) groups is 4. The van der Waals surface area contributed by atoms with Crippen LogP contribution in [-0.2, 0) is 53.8 Å². The van der Waals surface area contributed by atoms with Crippen molar-refractivity contribution in [3.05, 3.63) is 61.7 Å². The number of esters is 1. The first-order valence-corrected chi connectivity index (χ1v) is 14.9. The van der Waals surface area contributed by atoms with Gasteiger partial charge in [-0.2, -0.15) is 0 Å². The van der Waals surface area contributed by atoms with E-state index in [1.54, 1.807) is 19.9 Å². The Balaban J connectivity index is 1.33. The van der Waals surface area contributed by atoms with Gasteiger partial charge in [0.2, 0.25) is 17.7 Å². The van der Waals surface area contributed by atoms with E-state index in [9.17, 15) is 29.1 Å². The number of benzene rings is 1. The number of carbonyl (C=O) groups excluding carboxylic acids is 4. The topological polar surface area (TPSA) is 204 Å². The second-order valence-corrected chi connectivity index (χ2v) is 11.5. The van der Waals surface area contributed by atoms with Crippen molar-refractivity contribution in [2.24, 2.45) is 5.73 Å². The second kappa shape index (κ2) is 11.9. The molecule has 0 bridgehead atoms. The number of aryl methyl sites for hydroxylation is 1. The Hall–Kier alpha value is -4.73. The molecule has 0 saturated carbocycles. The fourth-order valence-electron chi connectivity index (χ4n) is 6.52. The first-order valence-electron chi connectivity index (χ1n) is 14.9. The molecule has 6 rings (SSSR count). The lowest BCUT2D eigenvalue weighted by Gasteiger charge is -2.31. The Morgan fingerprint density at radius 3 is 2.70 bits per heavy atom. The quantitative estimate of drug-likeness (QED) is 0.0930. The van der Waals surface area contributed by atoms with E-state index in [0.29, 0.717) is 51.8 Å². The van der Waals surface area contributed by atoms with Gasteiger partial charge in [0.05, 0.1) is 48.1 Å². The van der Waals surface area contributed by atoms with E-state index in [2.05, 4.69) is 16.0 Å². The Kier molecular flexibility index (Phi) is 8.08. The zero-order valence-electron chi connectivity index (χ0n) is 25.3. The molecule has 0 radical (unpaired) electrons. The summed E-state index contributed by atoms with van der Waals surface area (Å²) in [5, 5.41) is 19.7. The monoisotopic (exact) mass is 636 g/mol. The zero-order chi connectivity index (χ0) is 32.9. The lowest BCUT2D eigenvalue weighted by Crippen LogP contribution is -2.44. The van der Waals surface area contributed by atoms with E-state index < -0.39 is 46.7 Å². The van der Waals surface area contributed by atoms with Crippen LogP contribution < -0.4 is 27.2 Å². The molecule has 0 fully saturated rings. The summed E-state index contributed by atoms with van der Waals surface area (Å²) in [7, 11) is 0. The number of amides is 3. The molecule has 3 aliphatic rings. The Morgan fingerprint density at radius 1 is 1.17 bits per heavy atom. The van der Waals surface area contributed by atoms with E-state index in [1.165, 1.54) is 10.6 Å². The standard InChI is InChI=1S/C31H33FN6O8/c1-3-31(44)18-6-22-28-16(10-38(22)29(42)17(18)11-46-30(31)43)27-20(5-4-15-14(2)19(32)7-21(37-28)26(15)27)36-24(40)9-34-25(41)12-45-13-35-23(39)8-33/h6-7,20,44H,3-5,8-13,33H2,1-2H3,(H,34,41)(H,35,39)(H,36,40)/t20-,31-/m0/s1. The maximum absolute atomic E-state index is 15.1. The van der Waals surface area contributed by atoms with Crippen molar-refractivity contribution in [3.8, 4) is 11.4 Å². The average Bonchev–Trinajstić information content (AvgIpc) is 3.41. The highest BCUT2D eigenvalue weighted by Gasteiger charge is 2.46. The summed E-state index contributed by atoms with van der Waals surface area (Å²) in [4.78, 5) is 67.5. The maximum atomic E-state index is 15.1. The molecule has 2 atom stereocenters. The van der Waals surface area contributed by atoms with Crippen LogP contribution in [0, 0.1) is 12.7 Å². The summed E-state index contributed by atoms with van der Waals surface area (Å²) >= 11 is 0. The highest BCUT2D eigenvalue weighted by Crippen LogP contribution is 2.45. The molecule has 3 amide bonds. The molecule has 0 spiro atoms. The predicted octanol–water partition coefficient (Wildman–Crippen LogP) is -0.204. The van der Waals surface area contributed by atoms with Crippen molar-refractivity contribution in [3.63, 3.8) is 0 Å². The summed E-state index contributed by atoms with van der Waals surface area (Å²) in [6.45, 7) is 1.96. The molecule has 2 aliphatic heterocycles. The molecule has 4 heterocycles. The van der Waals surface area contributed by atoms with Gasteiger partial charge in [0, 0.05) is 22.6 Å². The molecule has 46 heavy (non-hydrogen) atoms. The SMILES string of the molecule is CC[C@@]1(O)C(=O)OCc2c1cc1n(c2=O)Cc2c-1nc1cc(F)c(C)c3c1c2[C@@H](NC(=O)CNC(=O)COCNC(=O)CN)CC3. The summed E-state index contributed by atoms with van der Waals surface area (Å²) in [5.74, 6) is -2.77. The molecular weight excluding hydrogens is 603 g/mol. The number of fused-ring (bicyclic) bond motifs is 5. The zero-order valence-corrected chi connectivity index (χ0v) is 25.3. The molecular formula is C31H33FN6O8. The largest absolute Gasteiger partial charge is 0.458 e. The van der Waals surface area contributed by atoms with Gasteiger partial charge in [-0.15, -0.1) is 0 Å². The number of halogens is 1. The molecule has 242 valence electrons. The van der Waals surface area contributed by atoms with Crippen LogP contribution in [0.15, 0.2) is 16.9 Å². The van der Waals surface area contributed by atoms with Gasteiger partial charge in [-0.25, -0.2) is 14.2 Å².